The lowest BCUT2D eigenvalue weighted by molar-refractivity contribution is -0.149. The second-order valence-electron chi connectivity index (χ2n) is 6.21. The van der Waals surface area contributed by atoms with Crippen LogP contribution in [0.5, 0.6) is 0 Å². The van der Waals surface area contributed by atoms with E-state index in [1.165, 1.54) is 12.8 Å². The predicted molar refractivity (Wildman–Crippen MR) is 61.7 cm³/mol. The Balaban J connectivity index is 2.76. The molecule has 3 unspecified atom stereocenters. The van der Waals surface area contributed by atoms with Crippen LogP contribution in [0.1, 0.15) is 53.4 Å². The predicted octanol–water partition coefficient (Wildman–Crippen LogP) is 3.56. The van der Waals surface area contributed by atoms with Crippen LogP contribution in [-0.4, -0.2) is 11.1 Å². The molecule has 1 aliphatic rings. The molecule has 0 aromatic rings. The molecule has 1 rings (SSSR count). The number of hydrogen-bond donors (Lipinski definition) is 1. The van der Waals surface area contributed by atoms with Crippen molar-refractivity contribution in [1.82, 2.24) is 0 Å². The number of carboxylic acids is 1. The molecule has 1 saturated carbocycles. The first-order chi connectivity index (χ1) is 6.82. The highest BCUT2D eigenvalue weighted by Crippen LogP contribution is 2.41. The van der Waals surface area contributed by atoms with Crippen molar-refractivity contribution >= 4 is 5.97 Å². The van der Waals surface area contributed by atoms with Crippen LogP contribution in [0.25, 0.3) is 0 Å². The van der Waals surface area contributed by atoms with E-state index in [1.54, 1.807) is 0 Å². The molecule has 15 heavy (non-hydrogen) atoms. The third kappa shape index (κ3) is 3.22. The van der Waals surface area contributed by atoms with E-state index in [4.69, 9.17) is 0 Å². The topological polar surface area (TPSA) is 37.3 Å². The van der Waals surface area contributed by atoms with E-state index in [2.05, 4.69) is 6.92 Å². The van der Waals surface area contributed by atoms with E-state index in [0.29, 0.717) is 11.8 Å². The molecule has 88 valence electrons. The molecule has 3 atom stereocenters. The van der Waals surface area contributed by atoms with E-state index in [9.17, 15) is 9.90 Å². The number of carbonyl (C=O) groups is 1. The Labute approximate surface area is 93.1 Å². The molecule has 1 fully saturated rings. The van der Waals surface area contributed by atoms with Crippen LogP contribution >= 0.6 is 0 Å². The Hall–Kier alpha value is -0.530. The number of hydrogen-bond acceptors (Lipinski definition) is 1. The zero-order valence-electron chi connectivity index (χ0n) is 10.4. The third-order valence-electron chi connectivity index (χ3n) is 3.65. The highest BCUT2D eigenvalue weighted by Gasteiger charge is 2.39. The summed E-state index contributed by atoms with van der Waals surface area (Å²) in [6.45, 7) is 8.38. The van der Waals surface area contributed by atoms with Crippen molar-refractivity contribution in [3.8, 4) is 0 Å². The van der Waals surface area contributed by atoms with Gasteiger partial charge in [0.15, 0.2) is 0 Å². The summed E-state index contributed by atoms with van der Waals surface area (Å²) in [4.78, 5) is 11.4. The summed E-state index contributed by atoms with van der Waals surface area (Å²) in [7, 11) is 0. The quantitative estimate of drug-likeness (QED) is 0.760. The third-order valence-corrected chi connectivity index (χ3v) is 3.65. The molecule has 0 spiro atoms. The van der Waals surface area contributed by atoms with Crippen molar-refractivity contribution in [3.05, 3.63) is 0 Å². The van der Waals surface area contributed by atoms with Crippen LogP contribution in [0.4, 0.5) is 0 Å². The smallest absolute Gasteiger partial charge is 0.307 e. The number of aliphatic carboxylic acids is 1. The lowest BCUT2D eigenvalue weighted by Gasteiger charge is -2.37. The maximum Gasteiger partial charge on any atom is 0.307 e. The lowest BCUT2D eigenvalue weighted by Crippen LogP contribution is -2.37. The minimum atomic E-state index is -0.610. The van der Waals surface area contributed by atoms with Gasteiger partial charge in [-0.2, -0.15) is 0 Å². The van der Waals surface area contributed by atoms with E-state index < -0.39 is 5.97 Å². The number of carboxylic acid groups (broad SMARTS) is 1. The Bertz CT molecular complexity index is 227. The number of rotatable bonds is 2. The first-order valence-corrected chi connectivity index (χ1v) is 6.05. The second kappa shape index (κ2) is 4.54. The fourth-order valence-corrected chi connectivity index (χ4v) is 3.06. The first-order valence-electron chi connectivity index (χ1n) is 6.05. The van der Waals surface area contributed by atoms with E-state index >= 15 is 0 Å². The van der Waals surface area contributed by atoms with Gasteiger partial charge in [0.2, 0.25) is 0 Å². The average Bonchev–Trinajstić information content (AvgIpc) is 1.99. The van der Waals surface area contributed by atoms with Gasteiger partial charge >= 0.3 is 5.97 Å². The van der Waals surface area contributed by atoms with Gasteiger partial charge in [0, 0.05) is 0 Å². The summed E-state index contributed by atoms with van der Waals surface area (Å²) >= 11 is 0. The van der Waals surface area contributed by atoms with Gasteiger partial charge in [0.25, 0.3) is 0 Å². The summed E-state index contributed by atoms with van der Waals surface area (Å²) in [5.74, 6) is 0.293. The molecule has 1 aliphatic carbocycles. The van der Waals surface area contributed by atoms with Crippen molar-refractivity contribution in [2.24, 2.45) is 23.2 Å². The van der Waals surface area contributed by atoms with Crippen molar-refractivity contribution in [2.75, 3.05) is 0 Å². The van der Waals surface area contributed by atoms with Crippen LogP contribution in [-0.2, 0) is 4.79 Å². The fraction of sp³-hybridized carbons (Fsp3) is 0.923. The van der Waals surface area contributed by atoms with Crippen LogP contribution < -0.4 is 0 Å². The second-order valence-corrected chi connectivity index (χ2v) is 6.21. The zero-order valence-corrected chi connectivity index (χ0v) is 10.4. The molecule has 0 aromatic heterocycles. The van der Waals surface area contributed by atoms with E-state index in [0.717, 1.165) is 12.8 Å². The molecule has 0 heterocycles. The normalized spacial score (nSPS) is 29.9. The maximum absolute atomic E-state index is 11.4. The molecule has 0 bridgehead atoms. The van der Waals surface area contributed by atoms with Gasteiger partial charge < -0.3 is 5.11 Å². The van der Waals surface area contributed by atoms with Gasteiger partial charge in [-0.05, 0) is 30.1 Å². The molecule has 0 aliphatic heterocycles. The van der Waals surface area contributed by atoms with Crippen molar-refractivity contribution < 1.29 is 9.90 Å². The summed E-state index contributed by atoms with van der Waals surface area (Å²) in [5.41, 5.74) is -0.117. The lowest BCUT2D eigenvalue weighted by atomic mass is 9.66. The molecule has 2 heteroatoms. The van der Waals surface area contributed by atoms with Crippen molar-refractivity contribution in [2.45, 2.75) is 53.4 Å². The Morgan fingerprint density at radius 3 is 2.33 bits per heavy atom. The van der Waals surface area contributed by atoms with Gasteiger partial charge in [-0.25, -0.2) is 0 Å². The Kier molecular flexibility index (Phi) is 3.80. The van der Waals surface area contributed by atoms with Crippen LogP contribution in [0.3, 0.4) is 0 Å². The van der Waals surface area contributed by atoms with Gasteiger partial charge in [-0.15, -0.1) is 0 Å². The van der Waals surface area contributed by atoms with Crippen molar-refractivity contribution in [3.63, 3.8) is 0 Å². The van der Waals surface area contributed by atoms with E-state index in [-0.39, 0.29) is 11.3 Å². The Morgan fingerprint density at radius 1 is 1.33 bits per heavy atom. The summed E-state index contributed by atoms with van der Waals surface area (Å²) < 4.78 is 0. The zero-order chi connectivity index (χ0) is 11.6. The molecular formula is C13H24O2. The van der Waals surface area contributed by atoms with Gasteiger partial charge in [0.05, 0.1) is 5.92 Å². The minimum absolute atomic E-state index is 0.117. The molecule has 0 amide bonds. The standard InChI is InChI=1S/C13H24O2/c1-9-6-5-7-10(8-9)11(12(14)15)13(2,3)4/h9-11H,5-8H2,1-4H3,(H,14,15). The first kappa shape index (κ1) is 12.5. The molecule has 2 nitrogen and oxygen atoms in total. The van der Waals surface area contributed by atoms with E-state index in [1.807, 2.05) is 20.8 Å². The largest absolute Gasteiger partial charge is 0.481 e. The highest BCUT2D eigenvalue weighted by molar-refractivity contribution is 5.71. The highest BCUT2D eigenvalue weighted by atomic mass is 16.4. The van der Waals surface area contributed by atoms with Gasteiger partial charge in [0.1, 0.15) is 0 Å². The SMILES string of the molecule is CC1CCCC(C(C(=O)O)C(C)(C)C)C1. The van der Waals surface area contributed by atoms with Gasteiger partial charge in [-0.1, -0.05) is 40.5 Å². The minimum Gasteiger partial charge on any atom is -0.481 e. The summed E-state index contributed by atoms with van der Waals surface area (Å²) in [6, 6.07) is 0. The monoisotopic (exact) mass is 212 g/mol. The fourth-order valence-electron chi connectivity index (χ4n) is 3.06. The molecule has 0 saturated heterocycles. The Morgan fingerprint density at radius 2 is 1.93 bits per heavy atom. The molecule has 1 N–H and O–H groups in total. The molecular weight excluding hydrogens is 188 g/mol. The molecule has 0 aromatic carbocycles. The maximum atomic E-state index is 11.4. The van der Waals surface area contributed by atoms with Gasteiger partial charge in [-0.3, -0.25) is 4.79 Å². The van der Waals surface area contributed by atoms with Crippen LogP contribution in [0.2, 0.25) is 0 Å². The van der Waals surface area contributed by atoms with Crippen molar-refractivity contribution in [1.29, 1.82) is 0 Å². The average molecular weight is 212 g/mol. The molecule has 0 radical (unpaired) electrons. The van der Waals surface area contributed by atoms with Crippen LogP contribution in [0.15, 0.2) is 0 Å². The summed E-state index contributed by atoms with van der Waals surface area (Å²) in [6.07, 6.45) is 4.66. The summed E-state index contributed by atoms with van der Waals surface area (Å²) in [5, 5.41) is 9.35. The van der Waals surface area contributed by atoms with Crippen LogP contribution in [0, 0.1) is 23.2 Å².